The summed E-state index contributed by atoms with van der Waals surface area (Å²) < 4.78 is 1.82. The first-order valence-corrected chi connectivity index (χ1v) is 10.9. The second-order valence-corrected chi connectivity index (χ2v) is 9.20. The molecular weight excluding hydrogens is 394 g/mol. The highest BCUT2D eigenvalue weighted by Crippen LogP contribution is 2.27. The summed E-state index contributed by atoms with van der Waals surface area (Å²) in [5.74, 6) is 0.621. The van der Waals surface area contributed by atoms with Crippen LogP contribution in [0, 0.1) is 6.92 Å². The summed E-state index contributed by atoms with van der Waals surface area (Å²) in [7, 11) is 0. The molecule has 1 aromatic heterocycles. The predicted molar refractivity (Wildman–Crippen MR) is 131 cm³/mol. The number of aryl methyl sites for hydroxylation is 1. The quantitative estimate of drug-likeness (QED) is 0.408. The Labute approximate surface area is 189 Å². The number of hydrogen-bond acceptors (Lipinski definition) is 2. The largest absolute Gasteiger partial charge is 0.310 e. The van der Waals surface area contributed by atoms with Crippen molar-refractivity contribution in [2.45, 2.75) is 39.5 Å². The molecule has 1 heterocycles. The smallest absolute Gasteiger partial charge is 0.229 e. The minimum absolute atomic E-state index is 0.0637. The Balaban J connectivity index is 1.53. The van der Waals surface area contributed by atoms with Gasteiger partial charge in [-0.25, -0.2) is 4.68 Å². The third kappa shape index (κ3) is 4.97. The van der Waals surface area contributed by atoms with E-state index in [4.69, 9.17) is 5.10 Å². The van der Waals surface area contributed by atoms with Gasteiger partial charge < -0.3 is 5.32 Å². The van der Waals surface area contributed by atoms with Crippen molar-refractivity contribution < 1.29 is 4.79 Å². The molecule has 0 fully saturated rings. The fraction of sp³-hybridized carbons (Fsp3) is 0.214. The molecule has 0 aliphatic heterocycles. The van der Waals surface area contributed by atoms with Crippen molar-refractivity contribution in [2.75, 3.05) is 5.32 Å². The molecule has 32 heavy (non-hydrogen) atoms. The van der Waals surface area contributed by atoms with Gasteiger partial charge in [-0.05, 0) is 35.7 Å². The number of amides is 1. The molecule has 3 aromatic carbocycles. The minimum atomic E-state index is -0.122. The highest BCUT2D eigenvalue weighted by atomic mass is 16.1. The van der Waals surface area contributed by atoms with Gasteiger partial charge in [0.2, 0.25) is 5.91 Å². The number of carbonyl (C=O) groups is 1. The van der Waals surface area contributed by atoms with Gasteiger partial charge in [0.15, 0.2) is 0 Å². The number of benzene rings is 3. The van der Waals surface area contributed by atoms with E-state index < -0.39 is 0 Å². The van der Waals surface area contributed by atoms with Gasteiger partial charge in [-0.2, -0.15) is 5.10 Å². The van der Waals surface area contributed by atoms with E-state index >= 15 is 0 Å². The van der Waals surface area contributed by atoms with Gasteiger partial charge >= 0.3 is 0 Å². The van der Waals surface area contributed by atoms with Crippen LogP contribution in [0.15, 0.2) is 84.9 Å². The van der Waals surface area contributed by atoms with Crippen molar-refractivity contribution in [2.24, 2.45) is 0 Å². The first kappa shape index (κ1) is 21.6. The average Bonchev–Trinajstić information content (AvgIpc) is 3.19. The van der Waals surface area contributed by atoms with Crippen molar-refractivity contribution >= 4 is 11.7 Å². The van der Waals surface area contributed by atoms with E-state index in [0.29, 0.717) is 12.2 Å². The molecule has 0 unspecified atom stereocenters. The molecule has 4 aromatic rings. The van der Waals surface area contributed by atoms with Crippen molar-refractivity contribution in [3.05, 3.63) is 102 Å². The van der Waals surface area contributed by atoms with Crippen LogP contribution in [-0.4, -0.2) is 15.7 Å². The van der Waals surface area contributed by atoms with Crippen LogP contribution in [0.25, 0.3) is 16.8 Å². The first-order chi connectivity index (χ1) is 15.3. The molecule has 0 aliphatic rings. The molecule has 0 spiro atoms. The molecule has 0 saturated heterocycles. The molecule has 162 valence electrons. The molecule has 4 rings (SSSR count). The highest BCUT2D eigenvalue weighted by Gasteiger charge is 2.21. The van der Waals surface area contributed by atoms with Crippen LogP contribution < -0.4 is 5.32 Å². The average molecular weight is 424 g/mol. The number of hydrogen-bond donors (Lipinski definition) is 1. The van der Waals surface area contributed by atoms with Gasteiger partial charge in [0, 0.05) is 11.5 Å². The van der Waals surface area contributed by atoms with Crippen molar-refractivity contribution in [3.8, 4) is 16.8 Å². The zero-order chi connectivity index (χ0) is 22.7. The lowest BCUT2D eigenvalue weighted by Crippen LogP contribution is -2.17. The topological polar surface area (TPSA) is 46.9 Å². The van der Waals surface area contributed by atoms with E-state index in [0.717, 1.165) is 22.5 Å². The van der Waals surface area contributed by atoms with E-state index in [1.165, 1.54) is 11.1 Å². The highest BCUT2D eigenvalue weighted by molar-refractivity contribution is 5.92. The maximum atomic E-state index is 12.9. The number of aromatic nitrogens is 2. The number of anilines is 1. The summed E-state index contributed by atoms with van der Waals surface area (Å²) in [5.41, 5.74) is 6.19. The molecule has 4 nitrogen and oxygen atoms in total. The molecule has 0 aliphatic carbocycles. The standard InChI is InChI=1S/C28H29N3O/c1-20-10-16-24(17-11-20)31-26(19-25(30-31)28(2,3)4)29-27(32)18-21-12-14-23(15-13-21)22-8-6-5-7-9-22/h5-17,19H,18H2,1-4H3,(H,29,32). The lowest BCUT2D eigenvalue weighted by Gasteiger charge is -2.14. The van der Waals surface area contributed by atoms with Gasteiger partial charge in [-0.3, -0.25) is 4.79 Å². The third-order valence-corrected chi connectivity index (χ3v) is 5.45. The number of nitrogens with one attached hydrogen (secondary N) is 1. The van der Waals surface area contributed by atoms with Gasteiger partial charge in [0.1, 0.15) is 5.82 Å². The van der Waals surface area contributed by atoms with Crippen LogP contribution in [0.3, 0.4) is 0 Å². The summed E-state index contributed by atoms with van der Waals surface area (Å²) in [6.45, 7) is 8.41. The van der Waals surface area contributed by atoms with Crippen LogP contribution in [0.5, 0.6) is 0 Å². The monoisotopic (exact) mass is 423 g/mol. The van der Waals surface area contributed by atoms with Crippen LogP contribution in [0.2, 0.25) is 0 Å². The van der Waals surface area contributed by atoms with Crippen LogP contribution in [0.4, 0.5) is 5.82 Å². The van der Waals surface area contributed by atoms with E-state index in [-0.39, 0.29) is 11.3 Å². The number of rotatable bonds is 5. The molecule has 1 N–H and O–H groups in total. The summed E-state index contributed by atoms with van der Waals surface area (Å²) in [6.07, 6.45) is 0.305. The summed E-state index contributed by atoms with van der Waals surface area (Å²) >= 11 is 0. The zero-order valence-corrected chi connectivity index (χ0v) is 19.1. The summed E-state index contributed by atoms with van der Waals surface area (Å²) in [5, 5.41) is 7.86. The molecule has 0 atom stereocenters. The van der Waals surface area contributed by atoms with Crippen LogP contribution in [0.1, 0.15) is 37.6 Å². The second kappa shape index (κ2) is 8.83. The molecular formula is C28H29N3O. The van der Waals surface area contributed by atoms with Gasteiger partial charge in [-0.15, -0.1) is 0 Å². The summed E-state index contributed by atoms with van der Waals surface area (Å²) in [4.78, 5) is 12.9. The number of carbonyl (C=O) groups excluding carboxylic acids is 1. The van der Waals surface area contributed by atoms with E-state index in [1.807, 2.05) is 65.3 Å². The Kier molecular flexibility index (Phi) is 5.95. The third-order valence-electron chi connectivity index (χ3n) is 5.45. The van der Waals surface area contributed by atoms with E-state index in [1.54, 1.807) is 0 Å². The fourth-order valence-electron chi connectivity index (χ4n) is 3.54. The van der Waals surface area contributed by atoms with Crippen LogP contribution >= 0.6 is 0 Å². The van der Waals surface area contributed by atoms with Crippen molar-refractivity contribution in [1.82, 2.24) is 9.78 Å². The Morgan fingerprint density at radius 1 is 0.875 bits per heavy atom. The Bertz CT molecular complexity index is 1200. The van der Waals surface area contributed by atoms with Gasteiger partial charge in [-0.1, -0.05) is 93.1 Å². The maximum absolute atomic E-state index is 12.9. The molecule has 0 radical (unpaired) electrons. The lowest BCUT2D eigenvalue weighted by molar-refractivity contribution is -0.115. The molecule has 1 amide bonds. The summed E-state index contributed by atoms with van der Waals surface area (Å²) in [6, 6.07) is 28.5. The molecule has 0 saturated carbocycles. The normalized spacial score (nSPS) is 11.4. The van der Waals surface area contributed by atoms with Crippen LogP contribution in [-0.2, 0) is 16.6 Å². The molecule has 0 bridgehead atoms. The Morgan fingerprint density at radius 3 is 2.12 bits per heavy atom. The van der Waals surface area contributed by atoms with E-state index in [2.05, 4.69) is 57.3 Å². The van der Waals surface area contributed by atoms with Crippen molar-refractivity contribution in [1.29, 1.82) is 0 Å². The van der Waals surface area contributed by atoms with E-state index in [9.17, 15) is 4.79 Å². The Morgan fingerprint density at radius 2 is 1.50 bits per heavy atom. The SMILES string of the molecule is Cc1ccc(-n2nc(C(C)(C)C)cc2NC(=O)Cc2ccc(-c3ccccc3)cc2)cc1. The number of nitrogens with zero attached hydrogens (tertiary/aromatic N) is 2. The van der Waals surface area contributed by atoms with Gasteiger partial charge in [0.25, 0.3) is 0 Å². The Hall–Kier alpha value is -3.66. The lowest BCUT2D eigenvalue weighted by atomic mass is 9.92. The van der Waals surface area contributed by atoms with Crippen molar-refractivity contribution in [3.63, 3.8) is 0 Å². The minimum Gasteiger partial charge on any atom is -0.310 e. The maximum Gasteiger partial charge on any atom is 0.229 e. The molecule has 4 heteroatoms. The first-order valence-electron chi connectivity index (χ1n) is 10.9. The predicted octanol–water partition coefficient (Wildman–Crippen LogP) is 6.33. The fourth-order valence-corrected chi connectivity index (χ4v) is 3.54. The second-order valence-electron chi connectivity index (χ2n) is 9.20. The van der Waals surface area contributed by atoms with Gasteiger partial charge in [0.05, 0.1) is 17.8 Å². The zero-order valence-electron chi connectivity index (χ0n) is 19.1.